The van der Waals surface area contributed by atoms with Gasteiger partial charge in [0.1, 0.15) is 5.69 Å². The fourth-order valence-electron chi connectivity index (χ4n) is 2.50. The van der Waals surface area contributed by atoms with Crippen LogP contribution in [0.25, 0.3) is 0 Å². The molecule has 1 fully saturated rings. The Kier molecular flexibility index (Phi) is 5.85. The van der Waals surface area contributed by atoms with Gasteiger partial charge in [-0.3, -0.25) is 14.9 Å². The van der Waals surface area contributed by atoms with Crippen LogP contribution in [0, 0.1) is 10.1 Å². The Morgan fingerprint density at radius 3 is 2.72 bits per heavy atom. The zero-order chi connectivity index (χ0) is 21.0. The maximum absolute atomic E-state index is 12.4. The number of amides is 1. The molecular weight excluding hydrogens is 393 g/mol. The van der Waals surface area contributed by atoms with Crippen LogP contribution >= 0.6 is 0 Å². The van der Waals surface area contributed by atoms with Gasteiger partial charge in [0.15, 0.2) is 6.61 Å². The number of rotatable bonds is 8. The molecule has 1 saturated carbocycles. The second kappa shape index (κ2) is 8.33. The average molecular weight is 410 g/mol. The first kappa shape index (κ1) is 20.4. The number of nitro benzene ring substituents is 1. The van der Waals surface area contributed by atoms with E-state index in [1.807, 2.05) is 0 Å². The highest BCUT2D eigenvalue weighted by molar-refractivity contribution is 5.96. The van der Waals surface area contributed by atoms with Crippen LogP contribution < -0.4 is 15.4 Å². The summed E-state index contributed by atoms with van der Waals surface area (Å²) in [5.74, 6) is -0.613. The molecule has 3 rings (SSSR count). The average Bonchev–Trinajstić information content (AvgIpc) is 3.48. The first-order valence-corrected chi connectivity index (χ1v) is 8.69. The molecule has 1 heterocycles. The molecule has 29 heavy (non-hydrogen) atoms. The number of nitrogens with one attached hydrogen (secondary N) is 2. The normalized spacial score (nSPS) is 13.6. The van der Waals surface area contributed by atoms with Crippen LogP contribution in [0.2, 0.25) is 0 Å². The second-order valence-electron chi connectivity index (χ2n) is 6.46. The molecule has 11 heteroatoms. The number of alkyl halides is 3. The lowest BCUT2D eigenvalue weighted by Crippen LogP contribution is -2.25. The zero-order valence-electron chi connectivity index (χ0n) is 15.0. The van der Waals surface area contributed by atoms with Crippen molar-refractivity contribution in [2.45, 2.75) is 31.6 Å². The maximum atomic E-state index is 12.4. The predicted molar refractivity (Wildman–Crippen MR) is 96.7 cm³/mol. The third-order valence-electron chi connectivity index (χ3n) is 4.06. The minimum Gasteiger partial charge on any atom is -0.468 e. The molecule has 1 aliphatic rings. The molecular formula is C18H17F3N4O4. The van der Waals surface area contributed by atoms with Crippen LogP contribution in [0.15, 0.2) is 36.5 Å². The number of ether oxygens (including phenoxy) is 1. The summed E-state index contributed by atoms with van der Waals surface area (Å²) in [4.78, 5) is 26.6. The number of carbonyl (C=O) groups excluding carboxylic acids is 1. The van der Waals surface area contributed by atoms with Gasteiger partial charge in [0.05, 0.1) is 4.92 Å². The number of halogens is 3. The molecule has 0 spiro atoms. The lowest BCUT2D eigenvalue weighted by Gasteiger charge is -2.13. The first-order chi connectivity index (χ1) is 13.7. The molecule has 1 aromatic carbocycles. The van der Waals surface area contributed by atoms with Crippen LogP contribution in [0.5, 0.6) is 5.88 Å². The Morgan fingerprint density at radius 1 is 1.31 bits per heavy atom. The molecule has 8 nitrogen and oxygen atoms in total. The third-order valence-corrected chi connectivity index (χ3v) is 4.06. The lowest BCUT2D eigenvalue weighted by molar-refractivity contribution is -0.384. The van der Waals surface area contributed by atoms with Gasteiger partial charge in [-0.1, -0.05) is 6.07 Å². The van der Waals surface area contributed by atoms with Crippen molar-refractivity contribution < 1.29 is 27.6 Å². The van der Waals surface area contributed by atoms with E-state index in [1.165, 1.54) is 30.5 Å². The summed E-state index contributed by atoms with van der Waals surface area (Å²) in [5, 5.41) is 16.9. The minimum absolute atomic E-state index is 0.0600. The Labute approximate surface area is 163 Å². The molecule has 2 N–H and O–H groups in total. The van der Waals surface area contributed by atoms with Gasteiger partial charge in [-0.25, -0.2) is 4.98 Å². The van der Waals surface area contributed by atoms with Crippen molar-refractivity contribution >= 4 is 17.3 Å². The number of anilines is 1. The van der Waals surface area contributed by atoms with Crippen LogP contribution in [0.1, 0.15) is 28.8 Å². The summed E-state index contributed by atoms with van der Waals surface area (Å²) in [5.41, 5.74) is 0.241. The van der Waals surface area contributed by atoms with Gasteiger partial charge in [0.2, 0.25) is 5.88 Å². The molecule has 0 bridgehead atoms. The summed E-state index contributed by atoms with van der Waals surface area (Å²) in [6, 6.07) is 7.10. The SMILES string of the molecule is O=C(NC1CC1)c1ccc(NCc2cccnc2OCC(F)(F)F)c([N+](=O)[O-])c1. The number of carbonyl (C=O) groups is 1. The van der Waals surface area contributed by atoms with E-state index in [0.717, 1.165) is 18.9 Å². The fourth-order valence-corrected chi connectivity index (χ4v) is 2.50. The van der Waals surface area contributed by atoms with Crippen LogP contribution in [-0.2, 0) is 6.54 Å². The monoisotopic (exact) mass is 410 g/mol. The molecule has 0 saturated heterocycles. The van der Waals surface area contributed by atoms with Gasteiger partial charge < -0.3 is 15.4 Å². The van der Waals surface area contributed by atoms with Crippen molar-refractivity contribution in [3.63, 3.8) is 0 Å². The molecule has 0 aliphatic heterocycles. The van der Waals surface area contributed by atoms with Gasteiger partial charge in [-0.2, -0.15) is 13.2 Å². The van der Waals surface area contributed by atoms with Crippen LogP contribution in [0.4, 0.5) is 24.5 Å². The van der Waals surface area contributed by atoms with E-state index in [4.69, 9.17) is 4.74 Å². The summed E-state index contributed by atoms with van der Waals surface area (Å²) in [6.07, 6.45) is -1.46. The second-order valence-corrected chi connectivity index (χ2v) is 6.46. The fraction of sp³-hybridized carbons (Fsp3) is 0.333. The van der Waals surface area contributed by atoms with E-state index >= 15 is 0 Å². The molecule has 0 atom stereocenters. The Bertz CT molecular complexity index is 916. The summed E-state index contributed by atoms with van der Waals surface area (Å²) < 4.78 is 41.8. The van der Waals surface area contributed by atoms with Gasteiger partial charge >= 0.3 is 6.18 Å². The van der Waals surface area contributed by atoms with E-state index in [1.54, 1.807) is 0 Å². The van der Waals surface area contributed by atoms with E-state index in [0.29, 0.717) is 5.56 Å². The highest BCUT2D eigenvalue weighted by Crippen LogP contribution is 2.28. The Hall–Kier alpha value is -3.37. The van der Waals surface area contributed by atoms with Gasteiger partial charge in [0, 0.05) is 36.0 Å². The standard InChI is InChI=1S/C18H17F3N4O4/c19-18(20,21)10-29-17-12(2-1-7-22-17)9-23-14-6-3-11(8-15(14)25(27)28)16(26)24-13-4-5-13/h1-3,6-8,13,23H,4-5,9-10H2,(H,24,26). The van der Waals surface area contributed by atoms with Gasteiger partial charge in [-0.15, -0.1) is 0 Å². The zero-order valence-corrected chi connectivity index (χ0v) is 15.0. The van der Waals surface area contributed by atoms with Crippen LogP contribution in [-0.4, -0.2) is 34.6 Å². The number of hydrogen-bond acceptors (Lipinski definition) is 6. The first-order valence-electron chi connectivity index (χ1n) is 8.69. The topological polar surface area (TPSA) is 106 Å². The molecule has 1 aliphatic carbocycles. The molecule has 0 unspecified atom stereocenters. The van der Waals surface area contributed by atoms with Crippen molar-refractivity contribution in [1.29, 1.82) is 0 Å². The molecule has 2 aromatic rings. The lowest BCUT2D eigenvalue weighted by atomic mass is 10.1. The molecule has 1 amide bonds. The summed E-state index contributed by atoms with van der Waals surface area (Å²) >= 11 is 0. The largest absolute Gasteiger partial charge is 0.468 e. The Balaban J connectivity index is 1.73. The number of hydrogen-bond donors (Lipinski definition) is 2. The van der Waals surface area contributed by atoms with E-state index in [9.17, 15) is 28.1 Å². The minimum atomic E-state index is -4.52. The van der Waals surface area contributed by atoms with Crippen molar-refractivity contribution in [2.24, 2.45) is 0 Å². The highest BCUT2D eigenvalue weighted by Gasteiger charge is 2.29. The van der Waals surface area contributed by atoms with E-state index in [-0.39, 0.29) is 35.4 Å². The maximum Gasteiger partial charge on any atom is 0.422 e. The smallest absolute Gasteiger partial charge is 0.422 e. The Morgan fingerprint density at radius 2 is 2.07 bits per heavy atom. The van der Waals surface area contributed by atoms with Gasteiger partial charge in [-0.05, 0) is 31.0 Å². The summed E-state index contributed by atoms with van der Waals surface area (Å²) in [6.45, 7) is -1.56. The highest BCUT2D eigenvalue weighted by atomic mass is 19.4. The van der Waals surface area contributed by atoms with Crippen molar-refractivity contribution in [3.05, 3.63) is 57.8 Å². The number of nitro groups is 1. The van der Waals surface area contributed by atoms with Crippen molar-refractivity contribution in [1.82, 2.24) is 10.3 Å². The molecule has 0 radical (unpaired) electrons. The quantitative estimate of drug-likeness (QED) is 0.510. The number of nitrogens with zero attached hydrogens (tertiary/aromatic N) is 2. The molecule has 1 aromatic heterocycles. The van der Waals surface area contributed by atoms with Crippen LogP contribution in [0.3, 0.4) is 0 Å². The van der Waals surface area contributed by atoms with E-state index < -0.39 is 23.6 Å². The third kappa shape index (κ3) is 5.80. The number of benzene rings is 1. The number of aromatic nitrogens is 1. The molecule has 154 valence electrons. The summed E-state index contributed by atoms with van der Waals surface area (Å²) in [7, 11) is 0. The predicted octanol–water partition coefficient (Wildman–Crippen LogP) is 3.44. The van der Waals surface area contributed by atoms with E-state index in [2.05, 4.69) is 15.6 Å². The van der Waals surface area contributed by atoms with Crippen molar-refractivity contribution in [2.75, 3.05) is 11.9 Å². The number of pyridine rings is 1. The van der Waals surface area contributed by atoms with Crippen molar-refractivity contribution in [3.8, 4) is 5.88 Å². The van der Waals surface area contributed by atoms with Gasteiger partial charge in [0.25, 0.3) is 11.6 Å².